The van der Waals surface area contributed by atoms with Gasteiger partial charge in [0.05, 0.1) is 12.4 Å². The van der Waals surface area contributed by atoms with Crippen LogP contribution in [0.5, 0.6) is 0 Å². The Labute approximate surface area is 69.3 Å². The van der Waals surface area contributed by atoms with E-state index in [1.807, 2.05) is 4.67 Å². The highest BCUT2D eigenvalue weighted by Gasteiger charge is 2.23. The van der Waals surface area contributed by atoms with Crippen LogP contribution in [0.3, 0.4) is 0 Å². The molecule has 4 nitrogen and oxygen atoms in total. The van der Waals surface area contributed by atoms with Crippen molar-refractivity contribution in [2.75, 3.05) is 19.3 Å². The molecule has 1 aliphatic heterocycles. The summed E-state index contributed by atoms with van der Waals surface area (Å²) >= 11 is 0. The van der Waals surface area contributed by atoms with Crippen LogP contribution in [0.1, 0.15) is 6.42 Å². The van der Waals surface area contributed by atoms with Gasteiger partial charge in [0.15, 0.2) is 0 Å². The van der Waals surface area contributed by atoms with Crippen molar-refractivity contribution in [2.24, 2.45) is 0 Å². The predicted molar refractivity (Wildman–Crippen MR) is 45.6 cm³/mol. The lowest BCUT2D eigenvalue weighted by Gasteiger charge is -2.08. The van der Waals surface area contributed by atoms with Crippen LogP contribution in [0.2, 0.25) is 0 Å². The highest BCUT2D eigenvalue weighted by atomic mass is 32.2. The molecule has 0 N–H and O–H groups in total. The Bertz CT molecular complexity index is 228. The molecule has 6 heteroatoms. The summed E-state index contributed by atoms with van der Waals surface area (Å²) in [6.07, 6.45) is 1.72. The van der Waals surface area contributed by atoms with E-state index in [0.717, 1.165) is 19.2 Å². The standard InChI is InChI=1S/C5H12NO3PS/c1-11(7,8)9-5-2-3-6(10)4-5/h5H,2-4,10H2,1H3. The highest BCUT2D eigenvalue weighted by Crippen LogP contribution is 2.16. The van der Waals surface area contributed by atoms with Gasteiger partial charge in [0.25, 0.3) is 10.1 Å². The summed E-state index contributed by atoms with van der Waals surface area (Å²) in [5, 5.41) is 0. The Morgan fingerprint density at radius 3 is 2.64 bits per heavy atom. The van der Waals surface area contributed by atoms with Crippen LogP contribution in [0.4, 0.5) is 0 Å². The van der Waals surface area contributed by atoms with Crippen molar-refractivity contribution < 1.29 is 12.6 Å². The van der Waals surface area contributed by atoms with Gasteiger partial charge in [0, 0.05) is 13.1 Å². The molecule has 0 radical (unpaired) electrons. The Balaban J connectivity index is 2.41. The SMILES string of the molecule is CS(=O)(=O)OC1CCN(P)C1. The molecule has 1 rings (SSSR count). The van der Waals surface area contributed by atoms with Gasteiger partial charge in [-0.25, -0.2) is 0 Å². The van der Waals surface area contributed by atoms with E-state index in [4.69, 9.17) is 4.18 Å². The van der Waals surface area contributed by atoms with Gasteiger partial charge in [-0.05, 0) is 6.42 Å². The molecule has 1 aliphatic rings. The van der Waals surface area contributed by atoms with Gasteiger partial charge in [-0.3, -0.25) is 8.85 Å². The first-order chi connectivity index (χ1) is 4.97. The fourth-order valence-corrected chi connectivity index (χ4v) is 2.12. The van der Waals surface area contributed by atoms with Crippen molar-refractivity contribution in [3.05, 3.63) is 0 Å². The molecule has 0 spiro atoms. The maximum absolute atomic E-state index is 10.6. The van der Waals surface area contributed by atoms with E-state index in [1.54, 1.807) is 0 Å². The zero-order chi connectivity index (χ0) is 8.48. The molecular formula is C5H12NO3PS. The number of hydrogen-bond acceptors (Lipinski definition) is 4. The van der Waals surface area contributed by atoms with Crippen LogP contribution in [-0.2, 0) is 14.3 Å². The largest absolute Gasteiger partial charge is 0.285 e. The van der Waals surface area contributed by atoms with Crippen molar-refractivity contribution in [3.8, 4) is 0 Å². The molecule has 0 aromatic rings. The highest BCUT2D eigenvalue weighted by molar-refractivity contribution is 7.86. The van der Waals surface area contributed by atoms with Crippen LogP contribution < -0.4 is 0 Å². The summed E-state index contributed by atoms with van der Waals surface area (Å²) in [6, 6.07) is 0. The zero-order valence-corrected chi connectivity index (χ0v) is 8.33. The van der Waals surface area contributed by atoms with Crippen LogP contribution in [0.15, 0.2) is 0 Å². The Morgan fingerprint density at radius 2 is 2.27 bits per heavy atom. The van der Waals surface area contributed by atoms with E-state index >= 15 is 0 Å². The smallest absolute Gasteiger partial charge is 0.264 e. The van der Waals surface area contributed by atoms with Gasteiger partial charge in [-0.2, -0.15) is 8.42 Å². The minimum absolute atomic E-state index is 0.150. The van der Waals surface area contributed by atoms with Gasteiger partial charge in [-0.15, -0.1) is 0 Å². The second-order valence-corrected chi connectivity index (χ2v) is 5.04. The van der Waals surface area contributed by atoms with E-state index in [-0.39, 0.29) is 6.10 Å². The molecule has 1 heterocycles. The summed E-state index contributed by atoms with van der Waals surface area (Å²) in [4.78, 5) is 0. The summed E-state index contributed by atoms with van der Waals surface area (Å²) in [7, 11) is -0.741. The van der Waals surface area contributed by atoms with Crippen molar-refractivity contribution in [1.82, 2.24) is 4.67 Å². The lowest BCUT2D eigenvalue weighted by atomic mass is 10.3. The summed E-state index contributed by atoms with van der Waals surface area (Å²) < 4.78 is 28.0. The predicted octanol–water partition coefficient (Wildman–Crippen LogP) is -0.173. The van der Waals surface area contributed by atoms with Gasteiger partial charge in [-0.1, -0.05) is 9.39 Å². The van der Waals surface area contributed by atoms with Crippen LogP contribution in [0, 0.1) is 0 Å². The summed E-state index contributed by atoms with van der Waals surface area (Å²) in [6.45, 7) is 1.56. The lowest BCUT2D eigenvalue weighted by molar-refractivity contribution is 0.226. The Morgan fingerprint density at radius 1 is 1.64 bits per heavy atom. The number of nitrogens with zero attached hydrogens (tertiary/aromatic N) is 1. The maximum Gasteiger partial charge on any atom is 0.264 e. The topological polar surface area (TPSA) is 46.6 Å². The van der Waals surface area contributed by atoms with Gasteiger partial charge in [0.2, 0.25) is 0 Å². The maximum atomic E-state index is 10.6. The third kappa shape index (κ3) is 3.47. The van der Waals surface area contributed by atoms with Crippen LogP contribution in [-0.4, -0.2) is 38.5 Å². The third-order valence-electron chi connectivity index (χ3n) is 1.49. The van der Waals surface area contributed by atoms with E-state index in [2.05, 4.69) is 9.39 Å². The van der Waals surface area contributed by atoms with Crippen LogP contribution in [0.25, 0.3) is 0 Å². The van der Waals surface area contributed by atoms with E-state index in [9.17, 15) is 8.42 Å². The molecule has 1 fully saturated rings. The molecule has 66 valence electrons. The van der Waals surface area contributed by atoms with E-state index in [0.29, 0.717) is 6.54 Å². The molecule has 0 saturated carbocycles. The number of hydrogen-bond donors (Lipinski definition) is 0. The average molecular weight is 197 g/mol. The molecule has 2 unspecified atom stereocenters. The molecular weight excluding hydrogens is 185 g/mol. The molecule has 0 aromatic carbocycles. The first-order valence-electron chi connectivity index (χ1n) is 3.35. The molecule has 11 heavy (non-hydrogen) atoms. The molecule has 2 atom stereocenters. The minimum Gasteiger partial charge on any atom is -0.285 e. The van der Waals surface area contributed by atoms with E-state index < -0.39 is 10.1 Å². The summed E-state index contributed by atoms with van der Waals surface area (Å²) in [5.41, 5.74) is 0. The Kier molecular flexibility index (Phi) is 2.86. The van der Waals surface area contributed by atoms with Gasteiger partial charge in [0.1, 0.15) is 0 Å². The number of rotatable bonds is 2. The third-order valence-corrected chi connectivity index (χ3v) is 2.58. The lowest BCUT2D eigenvalue weighted by Crippen LogP contribution is -2.19. The molecule has 1 saturated heterocycles. The monoisotopic (exact) mass is 197 g/mol. The molecule has 0 amide bonds. The normalized spacial score (nSPS) is 27.6. The fraction of sp³-hybridized carbons (Fsp3) is 1.00. The van der Waals surface area contributed by atoms with Crippen molar-refractivity contribution in [1.29, 1.82) is 0 Å². The quantitative estimate of drug-likeness (QED) is 0.455. The summed E-state index contributed by atoms with van der Waals surface area (Å²) in [5.74, 6) is 0. The first-order valence-corrected chi connectivity index (χ1v) is 5.68. The minimum atomic E-state index is -3.27. The van der Waals surface area contributed by atoms with Crippen molar-refractivity contribution >= 4 is 19.5 Å². The first kappa shape index (κ1) is 9.39. The van der Waals surface area contributed by atoms with Crippen LogP contribution >= 0.6 is 9.39 Å². The van der Waals surface area contributed by atoms with Gasteiger partial charge < -0.3 is 0 Å². The average Bonchev–Trinajstić information content (AvgIpc) is 2.10. The molecule has 0 bridgehead atoms. The van der Waals surface area contributed by atoms with Gasteiger partial charge >= 0.3 is 0 Å². The fourth-order valence-electron chi connectivity index (χ4n) is 1.08. The zero-order valence-electron chi connectivity index (χ0n) is 6.36. The Hall–Kier alpha value is 0.300. The molecule has 0 aliphatic carbocycles. The van der Waals surface area contributed by atoms with Crippen molar-refractivity contribution in [2.45, 2.75) is 12.5 Å². The second kappa shape index (κ2) is 3.35. The molecule has 0 aromatic heterocycles. The van der Waals surface area contributed by atoms with E-state index in [1.165, 1.54) is 0 Å². The second-order valence-electron chi connectivity index (χ2n) is 2.71. The van der Waals surface area contributed by atoms with Crippen molar-refractivity contribution in [3.63, 3.8) is 0 Å².